The van der Waals surface area contributed by atoms with Gasteiger partial charge in [-0.1, -0.05) is 51.1 Å². The molecule has 0 bridgehead atoms. The van der Waals surface area contributed by atoms with Crippen LogP contribution in [0.2, 0.25) is 0 Å². The molecular weight excluding hydrogens is 374 g/mol. The maximum atomic E-state index is 12.6. The van der Waals surface area contributed by atoms with Crippen LogP contribution in [-0.4, -0.2) is 24.4 Å². The van der Waals surface area contributed by atoms with Gasteiger partial charge >= 0.3 is 0 Å². The van der Waals surface area contributed by atoms with E-state index in [9.17, 15) is 9.59 Å². The molecule has 2 aromatic carbocycles. The van der Waals surface area contributed by atoms with Crippen molar-refractivity contribution >= 4 is 35.6 Å². The maximum absolute atomic E-state index is 12.6. The molecule has 0 aliphatic carbocycles. The highest BCUT2D eigenvalue weighted by Crippen LogP contribution is 2.20. The van der Waals surface area contributed by atoms with Gasteiger partial charge in [-0.2, -0.15) is 0 Å². The van der Waals surface area contributed by atoms with E-state index in [-0.39, 0.29) is 29.6 Å². The smallest absolute Gasteiger partial charge is 0.241 e. The number of nitrogens with zero attached hydrogens (tertiary/aromatic N) is 1. The second kappa shape index (κ2) is 10.2. The van der Waals surface area contributed by atoms with E-state index in [2.05, 4.69) is 5.32 Å². The van der Waals surface area contributed by atoms with Gasteiger partial charge in [-0.15, -0.1) is 12.4 Å². The molecule has 2 rings (SSSR count). The van der Waals surface area contributed by atoms with Gasteiger partial charge in [-0.3, -0.25) is 9.59 Å². The Morgan fingerprint density at radius 2 is 1.61 bits per heavy atom. The molecule has 5 nitrogen and oxygen atoms in total. The topological polar surface area (TPSA) is 75.4 Å². The molecule has 0 aliphatic rings. The highest BCUT2D eigenvalue weighted by Gasteiger charge is 2.27. The Balaban J connectivity index is 0.00000392. The number of nitrogens with two attached hydrogens (primary N) is 1. The molecule has 0 unspecified atom stereocenters. The van der Waals surface area contributed by atoms with Crippen LogP contribution in [0.15, 0.2) is 54.6 Å². The Morgan fingerprint density at radius 3 is 2.11 bits per heavy atom. The van der Waals surface area contributed by atoms with Crippen LogP contribution in [0.5, 0.6) is 0 Å². The first-order chi connectivity index (χ1) is 12.7. The molecule has 0 heterocycles. The first-order valence-corrected chi connectivity index (χ1v) is 9.23. The summed E-state index contributed by atoms with van der Waals surface area (Å²) in [7, 11) is 0. The number of halogens is 1. The molecular formula is C22H30ClN3O2. The van der Waals surface area contributed by atoms with Gasteiger partial charge in [-0.25, -0.2) is 0 Å². The summed E-state index contributed by atoms with van der Waals surface area (Å²) in [5, 5.41) is 2.83. The van der Waals surface area contributed by atoms with Gasteiger partial charge in [0.25, 0.3) is 0 Å². The van der Waals surface area contributed by atoms with Gasteiger partial charge < -0.3 is 16.0 Å². The molecule has 0 fully saturated rings. The zero-order valence-corrected chi connectivity index (χ0v) is 17.8. The zero-order valence-electron chi connectivity index (χ0n) is 16.9. The van der Waals surface area contributed by atoms with Crippen molar-refractivity contribution in [3.8, 4) is 0 Å². The average molecular weight is 404 g/mol. The predicted molar refractivity (Wildman–Crippen MR) is 118 cm³/mol. The highest BCUT2D eigenvalue weighted by molar-refractivity contribution is 5.96. The van der Waals surface area contributed by atoms with Crippen molar-refractivity contribution in [1.82, 2.24) is 0 Å². The van der Waals surface area contributed by atoms with E-state index in [4.69, 9.17) is 5.73 Å². The van der Waals surface area contributed by atoms with E-state index < -0.39 is 6.04 Å². The van der Waals surface area contributed by atoms with Gasteiger partial charge in [0, 0.05) is 17.9 Å². The molecule has 2 amide bonds. The molecule has 0 saturated heterocycles. The number of hydrogen-bond acceptors (Lipinski definition) is 3. The predicted octanol–water partition coefficient (Wildman–Crippen LogP) is 4.02. The number of amides is 2. The molecule has 28 heavy (non-hydrogen) atoms. The average Bonchev–Trinajstić information content (AvgIpc) is 2.63. The van der Waals surface area contributed by atoms with Crippen LogP contribution in [0.4, 0.5) is 11.4 Å². The SMILES string of the molecule is CCN(C(=O)Cc1ccc(NC(=O)[C@@H](N)C(C)(C)C)cc1)c1ccccc1.Cl. The van der Waals surface area contributed by atoms with Crippen LogP contribution in [0.1, 0.15) is 33.3 Å². The molecule has 0 radical (unpaired) electrons. The van der Waals surface area contributed by atoms with Crippen LogP contribution >= 0.6 is 12.4 Å². The lowest BCUT2D eigenvalue weighted by atomic mass is 9.87. The summed E-state index contributed by atoms with van der Waals surface area (Å²) in [5.74, 6) is -0.178. The molecule has 3 N–H and O–H groups in total. The second-order valence-electron chi connectivity index (χ2n) is 7.68. The van der Waals surface area contributed by atoms with Gasteiger partial charge in [0.15, 0.2) is 0 Å². The normalized spacial score (nSPS) is 11.9. The van der Waals surface area contributed by atoms with Crippen molar-refractivity contribution in [3.63, 3.8) is 0 Å². The second-order valence-corrected chi connectivity index (χ2v) is 7.68. The minimum atomic E-state index is -0.595. The zero-order chi connectivity index (χ0) is 20.0. The Hall–Kier alpha value is -2.37. The van der Waals surface area contributed by atoms with Gasteiger partial charge in [0.2, 0.25) is 11.8 Å². The van der Waals surface area contributed by atoms with E-state index in [1.807, 2.05) is 70.2 Å². The summed E-state index contributed by atoms with van der Waals surface area (Å²) in [6.07, 6.45) is 0.304. The van der Waals surface area contributed by atoms with Crippen LogP contribution in [0.25, 0.3) is 0 Å². The largest absolute Gasteiger partial charge is 0.325 e. The Kier molecular flexibility index (Phi) is 8.66. The van der Waals surface area contributed by atoms with E-state index in [1.54, 1.807) is 17.0 Å². The number of benzene rings is 2. The summed E-state index contributed by atoms with van der Waals surface area (Å²) < 4.78 is 0. The summed E-state index contributed by atoms with van der Waals surface area (Å²) in [4.78, 5) is 26.6. The Bertz CT molecular complexity index is 771. The van der Waals surface area contributed by atoms with Crippen LogP contribution in [-0.2, 0) is 16.0 Å². The number of para-hydroxylation sites is 1. The third-order valence-corrected chi connectivity index (χ3v) is 4.48. The van der Waals surface area contributed by atoms with E-state index in [0.717, 1.165) is 11.3 Å². The molecule has 6 heteroatoms. The summed E-state index contributed by atoms with van der Waals surface area (Å²) in [6, 6.07) is 16.4. The number of likely N-dealkylation sites (N-methyl/N-ethyl adjacent to an activating group) is 1. The molecule has 0 saturated carbocycles. The fourth-order valence-corrected chi connectivity index (χ4v) is 2.70. The molecule has 152 valence electrons. The molecule has 0 aliphatic heterocycles. The lowest BCUT2D eigenvalue weighted by Gasteiger charge is -2.25. The van der Waals surface area contributed by atoms with Crippen LogP contribution < -0.4 is 16.0 Å². The van der Waals surface area contributed by atoms with Gasteiger partial charge in [-0.05, 0) is 42.2 Å². The number of anilines is 2. The van der Waals surface area contributed by atoms with E-state index in [0.29, 0.717) is 18.7 Å². The Labute approximate surface area is 173 Å². The van der Waals surface area contributed by atoms with Crippen molar-refractivity contribution in [2.24, 2.45) is 11.1 Å². The van der Waals surface area contributed by atoms with Crippen molar-refractivity contribution in [1.29, 1.82) is 0 Å². The number of nitrogens with one attached hydrogen (secondary N) is 1. The van der Waals surface area contributed by atoms with Crippen molar-refractivity contribution in [2.45, 2.75) is 40.2 Å². The lowest BCUT2D eigenvalue weighted by molar-refractivity contribution is -0.119. The molecule has 0 aromatic heterocycles. The summed E-state index contributed by atoms with van der Waals surface area (Å²) >= 11 is 0. The third kappa shape index (κ3) is 6.36. The highest BCUT2D eigenvalue weighted by atomic mass is 35.5. The Morgan fingerprint density at radius 1 is 1.04 bits per heavy atom. The van der Waals surface area contributed by atoms with Crippen molar-refractivity contribution < 1.29 is 9.59 Å². The first-order valence-electron chi connectivity index (χ1n) is 9.23. The molecule has 2 aromatic rings. The standard InChI is InChI=1S/C22H29N3O2.ClH/c1-5-25(18-9-7-6-8-10-18)19(26)15-16-11-13-17(14-12-16)24-21(27)20(23)22(2,3)4;/h6-14,20H,5,15,23H2,1-4H3,(H,24,27);1H/t20-;/m1./s1. The van der Waals surface area contributed by atoms with Crippen LogP contribution in [0, 0.1) is 5.41 Å². The molecule has 1 atom stereocenters. The first kappa shape index (κ1) is 23.7. The minimum absolute atomic E-state index is 0. The summed E-state index contributed by atoms with van der Waals surface area (Å²) in [6.45, 7) is 8.36. The third-order valence-electron chi connectivity index (χ3n) is 4.48. The lowest BCUT2D eigenvalue weighted by Crippen LogP contribution is -2.45. The van der Waals surface area contributed by atoms with Gasteiger partial charge in [0.05, 0.1) is 12.5 Å². The van der Waals surface area contributed by atoms with E-state index in [1.165, 1.54) is 0 Å². The fraction of sp³-hybridized carbons (Fsp3) is 0.364. The molecule has 0 spiro atoms. The number of hydrogen-bond donors (Lipinski definition) is 2. The number of rotatable bonds is 6. The number of carbonyl (C=O) groups excluding carboxylic acids is 2. The van der Waals surface area contributed by atoms with Gasteiger partial charge in [0.1, 0.15) is 0 Å². The van der Waals surface area contributed by atoms with Crippen molar-refractivity contribution in [3.05, 3.63) is 60.2 Å². The maximum Gasteiger partial charge on any atom is 0.241 e. The fourth-order valence-electron chi connectivity index (χ4n) is 2.70. The van der Waals surface area contributed by atoms with Crippen LogP contribution in [0.3, 0.4) is 0 Å². The summed E-state index contributed by atoms with van der Waals surface area (Å²) in [5.41, 5.74) is 8.13. The van der Waals surface area contributed by atoms with E-state index >= 15 is 0 Å². The number of carbonyl (C=O) groups is 2. The monoisotopic (exact) mass is 403 g/mol. The van der Waals surface area contributed by atoms with Crippen molar-refractivity contribution in [2.75, 3.05) is 16.8 Å². The quantitative estimate of drug-likeness (QED) is 0.764. The minimum Gasteiger partial charge on any atom is -0.325 e.